The van der Waals surface area contributed by atoms with E-state index in [4.69, 9.17) is 18.0 Å². The van der Waals surface area contributed by atoms with Crippen LogP contribution in [-0.2, 0) is 13.0 Å². The van der Waals surface area contributed by atoms with Crippen LogP contribution in [-0.4, -0.2) is 19.5 Å². The molecule has 0 fully saturated rings. The number of nitrogens with zero attached hydrogens (tertiary/aromatic N) is 3. The Hall–Kier alpha value is -1.75. The van der Waals surface area contributed by atoms with Crippen LogP contribution < -0.4 is 5.73 Å². The molecule has 0 aromatic carbocycles. The predicted octanol–water partition coefficient (Wildman–Crippen LogP) is 1.16. The van der Waals surface area contributed by atoms with Crippen molar-refractivity contribution in [3.05, 3.63) is 48.3 Å². The molecule has 0 unspecified atom stereocenters. The van der Waals surface area contributed by atoms with Gasteiger partial charge in [0.25, 0.3) is 0 Å². The predicted molar refractivity (Wildman–Crippen MR) is 66.1 cm³/mol. The first kappa shape index (κ1) is 10.8. The monoisotopic (exact) mass is 232 g/mol. The molecule has 2 rings (SSSR count). The topological polar surface area (TPSA) is 56.7 Å². The van der Waals surface area contributed by atoms with Crippen molar-refractivity contribution in [1.29, 1.82) is 0 Å². The van der Waals surface area contributed by atoms with E-state index < -0.39 is 0 Å². The normalized spacial score (nSPS) is 10.2. The number of aryl methyl sites for hydroxylation is 2. The highest BCUT2D eigenvalue weighted by molar-refractivity contribution is 7.80. The number of imidazole rings is 1. The van der Waals surface area contributed by atoms with E-state index in [1.54, 1.807) is 12.4 Å². The lowest BCUT2D eigenvalue weighted by Crippen LogP contribution is -2.17. The van der Waals surface area contributed by atoms with Gasteiger partial charge in [-0.25, -0.2) is 4.98 Å². The summed E-state index contributed by atoms with van der Waals surface area (Å²) in [7, 11) is 0. The minimum absolute atomic E-state index is 0.330. The minimum atomic E-state index is 0.330. The van der Waals surface area contributed by atoms with Crippen LogP contribution in [0.4, 0.5) is 0 Å². The van der Waals surface area contributed by atoms with Crippen LogP contribution >= 0.6 is 12.2 Å². The van der Waals surface area contributed by atoms with Gasteiger partial charge in [0.1, 0.15) is 4.99 Å². The van der Waals surface area contributed by atoms with E-state index >= 15 is 0 Å². The van der Waals surface area contributed by atoms with Gasteiger partial charge in [0.05, 0.1) is 0 Å². The highest BCUT2D eigenvalue weighted by Gasteiger charge is 2.04. The van der Waals surface area contributed by atoms with Gasteiger partial charge in [-0.2, -0.15) is 0 Å². The van der Waals surface area contributed by atoms with Crippen LogP contribution in [0.1, 0.15) is 11.4 Å². The third-order valence-corrected chi connectivity index (χ3v) is 2.48. The standard InChI is InChI=1S/C11H12N4S/c12-10(16)11-14-5-7-15(11)6-3-9-2-1-4-13-8-9/h1-2,4-5,7-8H,3,6H2,(H2,12,16). The Kier molecular flexibility index (Phi) is 3.26. The van der Waals surface area contributed by atoms with Crippen molar-refractivity contribution in [2.75, 3.05) is 0 Å². The van der Waals surface area contributed by atoms with Crippen LogP contribution in [0.25, 0.3) is 0 Å². The van der Waals surface area contributed by atoms with Gasteiger partial charge >= 0.3 is 0 Å². The molecular formula is C11H12N4S. The molecule has 0 atom stereocenters. The fourth-order valence-electron chi connectivity index (χ4n) is 1.51. The summed E-state index contributed by atoms with van der Waals surface area (Å²) < 4.78 is 1.95. The summed E-state index contributed by atoms with van der Waals surface area (Å²) in [5, 5.41) is 0. The van der Waals surface area contributed by atoms with Crippen molar-refractivity contribution >= 4 is 17.2 Å². The lowest BCUT2D eigenvalue weighted by atomic mass is 10.2. The summed E-state index contributed by atoms with van der Waals surface area (Å²) in [6.07, 6.45) is 8.10. The maximum Gasteiger partial charge on any atom is 0.167 e. The SMILES string of the molecule is NC(=S)c1nccn1CCc1cccnc1. The second-order valence-electron chi connectivity index (χ2n) is 3.42. The number of pyridine rings is 1. The molecule has 0 radical (unpaired) electrons. The molecule has 0 aliphatic carbocycles. The van der Waals surface area contributed by atoms with Gasteiger partial charge in [-0.05, 0) is 18.1 Å². The number of hydrogen-bond donors (Lipinski definition) is 1. The highest BCUT2D eigenvalue weighted by Crippen LogP contribution is 2.03. The molecule has 2 N–H and O–H groups in total. The second kappa shape index (κ2) is 4.85. The van der Waals surface area contributed by atoms with Gasteiger partial charge in [0.15, 0.2) is 5.82 Å². The molecule has 16 heavy (non-hydrogen) atoms. The molecule has 0 aliphatic rings. The fourth-order valence-corrected chi connectivity index (χ4v) is 1.68. The third kappa shape index (κ3) is 2.43. The van der Waals surface area contributed by atoms with Crippen molar-refractivity contribution in [3.8, 4) is 0 Å². The fraction of sp³-hybridized carbons (Fsp3) is 0.182. The zero-order valence-electron chi connectivity index (χ0n) is 8.71. The largest absolute Gasteiger partial charge is 0.387 e. The Labute approximate surface area is 99.1 Å². The summed E-state index contributed by atoms with van der Waals surface area (Å²) >= 11 is 4.92. The van der Waals surface area contributed by atoms with Crippen LogP contribution in [0.15, 0.2) is 36.9 Å². The molecule has 0 saturated carbocycles. The summed E-state index contributed by atoms with van der Waals surface area (Å²) in [6.45, 7) is 0.804. The average molecular weight is 232 g/mol. The molecule has 4 nitrogen and oxygen atoms in total. The molecule has 2 heterocycles. The summed E-state index contributed by atoms with van der Waals surface area (Å²) in [5.74, 6) is 0.666. The molecule has 0 spiro atoms. The van der Waals surface area contributed by atoms with Gasteiger partial charge in [-0.3, -0.25) is 4.98 Å². The van der Waals surface area contributed by atoms with Crippen LogP contribution in [0.2, 0.25) is 0 Å². The first-order valence-electron chi connectivity index (χ1n) is 4.97. The zero-order valence-corrected chi connectivity index (χ0v) is 9.52. The highest BCUT2D eigenvalue weighted by atomic mass is 32.1. The molecule has 2 aromatic rings. The smallest absolute Gasteiger partial charge is 0.167 e. The van der Waals surface area contributed by atoms with E-state index in [2.05, 4.69) is 9.97 Å². The Balaban J connectivity index is 2.05. The van der Waals surface area contributed by atoms with Crippen molar-refractivity contribution in [1.82, 2.24) is 14.5 Å². The molecule has 0 amide bonds. The van der Waals surface area contributed by atoms with Crippen molar-refractivity contribution < 1.29 is 0 Å². The maximum absolute atomic E-state index is 5.56. The molecule has 5 heteroatoms. The van der Waals surface area contributed by atoms with E-state index in [1.165, 1.54) is 5.56 Å². The van der Waals surface area contributed by atoms with E-state index in [0.717, 1.165) is 13.0 Å². The number of rotatable bonds is 4. The number of hydrogen-bond acceptors (Lipinski definition) is 3. The van der Waals surface area contributed by atoms with Gasteiger partial charge in [-0.15, -0.1) is 0 Å². The quantitative estimate of drug-likeness (QED) is 0.804. The van der Waals surface area contributed by atoms with Crippen molar-refractivity contribution in [2.24, 2.45) is 5.73 Å². The molecule has 0 saturated heterocycles. The van der Waals surface area contributed by atoms with Gasteiger partial charge < -0.3 is 10.3 Å². The molecule has 0 bridgehead atoms. The Morgan fingerprint density at radius 1 is 1.44 bits per heavy atom. The summed E-state index contributed by atoms with van der Waals surface area (Å²) in [6, 6.07) is 3.97. The summed E-state index contributed by atoms with van der Waals surface area (Å²) in [5.41, 5.74) is 6.75. The van der Waals surface area contributed by atoms with Crippen LogP contribution in [0.5, 0.6) is 0 Å². The van der Waals surface area contributed by atoms with Crippen molar-refractivity contribution in [3.63, 3.8) is 0 Å². The summed E-state index contributed by atoms with van der Waals surface area (Å²) in [4.78, 5) is 8.51. The minimum Gasteiger partial charge on any atom is -0.387 e. The Bertz CT molecular complexity index is 478. The van der Waals surface area contributed by atoms with Crippen molar-refractivity contribution in [2.45, 2.75) is 13.0 Å². The lowest BCUT2D eigenvalue weighted by molar-refractivity contribution is 0.688. The maximum atomic E-state index is 5.56. The van der Waals surface area contributed by atoms with Crippen LogP contribution in [0, 0.1) is 0 Å². The van der Waals surface area contributed by atoms with E-state index in [0.29, 0.717) is 10.8 Å². The van der Waals surface area contributed by atoms with Gasteiger partial charge in [0.2, 0.25) is 0 Å². The number of nitrogens with two attached hydrogens (primary N) is 1. The molecular weight excluding hydrogens is 220 g/mol. The molecule has 82 valence electrons. The van der Waals surface area contributed by atoms with E-state index in [1.807, 2.05) is 29.1 Å². The van der Waals surface area contributed by atoms with Crippen LogP contribution in [0.3, 0.4) is 0 Å². The first-order chi connectivity index (χ1) is 7.77. The lowest BCUT2D eigenvalue weighted by Gasteiger charge is -2.06. The number of aromatic nitrogens is 3. The van der Waals surface area contributed by atoms with E-state index in [9.17, 15) is 0 Å². The van der Waals surface area contributed by atoms with E-state index in [-0.39, 0.29) is 0 Å². The number of thiocarbonyl (C=S) groups is 1. The van der Waals surface area contributed by atoms with Gasteiger partial charge in [0, 0.05) is 31.3 Å². The first-order valence-corrected chi connectivity index (χ1v) is 5.38. The second-order valence-corrected chi connectivity index (χ2v) is 3.86. The van der Waals surface area contributed by atoms with Gasteiger partial charge in [-0.1, -0.05) is 18.3 Å². The molecule has 2 aromatic heterocycles. The molecule has 0 aliphatic heterocycles. The third-order valence-electron chi connectivity index (χ3n) is 2.30. The zero-order chi connectivity index (χ0) is 11.4. The Morgan fingerprint density at radius 3 is 3.00 bits per heavy atom. The average Bonchev–Trinajstić information content (AvgIpc) is 2.76. The Morgan fingerprint density at radius 2 is 2.31 bits per heavy atom.